The number of nitrogens with one attached hydrogen (secondary N) is 2. The van der Waals surface area contributed by atoms with E-state index < -0.39 is 0 Å². The summed E-state index contributed by atoms with van der Waals surface area (Å²) in [5, 5.41) is 6.85. The lowest BCUT2D eigenvalue weighted by Gasteiger charge is -2.23. The van der Waals surface area contributed by atoms with Crippen LogP contribution in [0.5, 0.6) is 0 Å². The molecule has 1 fully saturated rings. The minimum atomic E-state index is 0. The summed E-state index contributed by atoms with van der Waals surface area (Å²) in [4.78, 5) is 4.28. The van der Waals surface area contributed by atoms with E-state index in [1.807, 2.05) is 18.3 Å². The van der Waals surface area contributed by atoms with Crippen molar-refractivity contribution in [2.75, 3.05) is 18.4 Å². The smallest absolute Gasteiger partial charge is 0.126 e. The third kappa shape index (κ3) is 4.28. The third-order valence-corrected chi connectivity index (χ3v) is 3.14. The molecule has 0 amide bonds. The van der Waals surface area contributed by atoms with E-state index in [-0.39, 0.29) is 12.4 Å². The Balaban J connectivity index is 0.00000128. The van der Waals surface area contributed by atoms with Gasteiger partial charge in [0, 0.05) is 23.3 Å². The molecular formula is C11H17BrClN3. The lowest BCUT2D eigenvalue weighted by Crippen LogP contribution is -2.39. The number of halogens is 2. The first-order chi connectivity index (χ1) is 7.34. The molecule has 1 aliphatic heterocycles. The first kappa shape index (κ1) is 13.7. The Morgan fingerprint density at radius 2 is 2.31 bits per heavy atom. The molecule has 90 valence electrons. The Hall–Kier alpha value is -0.320. The lowest BCUT2D eigenvalue weighted by atomic mass is 10.1. The van der Waals surface area contributed by atoms with Crippen LogP contribution >= 0.6 is 28.3 Å². The highest BCUT2D eigenvalue weighted by Crippen LogP contribution is 2.11. The molecule has 1 aromatic heterocycles. The maximum Gasteiger partial charge on any atom is 0.126 e. The van der Waals surface area contributed by atoms with Gasteiger partial charge in [-0.3, -0.25) is 0 Å². The maximum absolute atomic E-state index is 4.28. The van der Waals surface area contributed by atoms with E-state index in [0.29, 0.717) is 6.04 Å². The molecule has 2 N–H and O–H groups in total. The number of aromatic nitrogens is 1. The molecule has 0 aliphatic carbocycles. The average molecular weight is 307 g/mol. The molecule has 1 aromatic rings. The standard InChI is InChI=1S/C11H16BrN3.ClH/c12-9-4-5-11(14-7-9)15-8-10-3-1-2-6-13-10;/h4-5,7,10,13H,1-3,6,8H2,(H,14,15);1H. The van der Waals surface area contributed by atoms with Crippen molar-refractivity contribution in [2.45, 2.75) is 25.3 Å². The van der Waals surface area contributed by atoms with E-state index in [2.05, 4.69) is 31.5 Å². The molecule has 0 spiro atoms. The van der Waals surface area contributed by atoms with Crippen molar-refractivity contribution < 1.29 is 0 Å². The summed E-state index contributed by atoms with van der Waals surface area (Å²) in [5.41, 5.74) is 0. The third-order valence-electron chi connectivity index (χ3n) is 2.67. The van der Waals surface area contributed by atoms with Crippen molar-refractivity contribution in [2.24, 2.45) is 0 Å². The second kappa shape index (κ2) is 7.09. The van der Waals surface area contributed by atoms with Crippen LogP contribution in [-0.2, 0) is 0 Å². The fourth-order valence-electron chi connectivity index (χ4n) is 1.81. The van der Waals surface area contributed by atoms with Crippen LogP contribution in [0.1, 0.15) is 19.3 Å². The maximum atomic E-state index is 4.28. The summed E-state index contributed by atoms with van der Waals surface area (Å²) in [7, 11) is 0. The molecule has 1 atom stereocenters. The largest absolute Gasteiger partial charge is 0.369 e. The summed E-state index contributed by atoms with van der Waals surface area (Å²) < 4.78 is 1.02. The van der Waals surface area contributed by atoms with E-state index in [1.54, 1.807) is 0 Å². The van der Waals surface area contributed by atoms with Crippen molar-refractivity contribution in [1.82, 2.24) is 10.3 Å². The van der Waals surface area contributed by atoms with Gasteiger partial charge in [0.05, 0.1) is 0 Å². The van der Waals surface area contributed by atoms with Gasteiger partial charge in [-0.15, -0.1) is 12.4 Å². The predicted molar refractivity (Wildman–Crippen MR) is 73.3 cm³/mol. The molecule has 16 heavy (non-hydrogen) atoms. The minimum Gasteiger partial charge on any atom is -0.369 e. The van der Waals surface area contributed by atoms with E-state index in [4.69, 9.17) is 0 Å². The zero-order valence-electron chi connectivity index (χ0n) is 9.08. The van der Waals surface area contributed by atoms with Gasteiger partial charge < -0.3 is 10.6 Å². The fourth-order valence-corrected chi connectivity index (χ4v) is 2.04. The molecule has 1 saturated heterocycles. The molecule has 1 aliphatic rings. The van der Waals surface area contributed by atoms with Gasteiger partial charge in [0.2, 0.25) is 0 Å². The van der Waals surface area contributed by atoms with Gasteiger partial charge >= 0.3 is 0 Å². The molecule has 2 heterocycles. The second-order valence-electron chi connectivity index (χ2n) is 3.89. The zero-order valence-corrected chi connectivity index (χ0v) is 11.5. The Morgan fingerprint density at radius 3 is 2.94 bits per heavy atom. The number of rotatable bonds is 3. The molecular weight excluding hydrogens is 289 g/mol. The molecule has 2 rings (SSSR count). The lowest BCUT2D eigenvalue weighted by molar-refractivity contribution is 0.414. The second-order valence-corrected chi connectivity index (χ2v) is 4.81. The molecule has 0 radical (unpaired) electrons. The molecule has 0 bridgehead atoms. The summed E-state index contributed by atoms with van der Waals surface area (Å²) in [6.07, 6.45) is 5.74. The monoisotopic (exact) mass is 305 g/mol. The highest BCUT2D eigenvalue weighted by molar-refractivity contribution is 9.10. The van der Waals surface area contributed by atoms with Gasteiger partial charge in [-0.25, -0.2) is 4.98 Å². The number of piperidine rings is 1. The molecule has 3 nitrogen and oxygen atoms in total. The van der Waals surface area contributed by atoms with Crippen LogP contribution in [0.3, 0.4) is 0 Å². The van der Waals surface area contributed by atoms with Crippen molar-refractivity contribution in [3.63, 3.8) is 0 Å². The first-order valence-corrected chi connectivity index (χ1v) is 6.23. The molecule has 5 heteroatoms. The van der Waals surface area contributed by atoms with Crippen molar-refractivity contribution >= 4 is 34.2 Å². The number of hydrogen-bond acceptors (Lipinski definition) is 3. The summed E-state index contributed by atoms with van der Waals surface area (Å²) in [6.45, 7) is 2.12. The van der Waals surface area contributed by atoms with E-state index in [0.717, 1.165) is 23.4 Å². The van der Waals surface area contributed by atoms with Crippen LogP contribution in [0.4, 0.5) is 5.82 Å². The number of anilines is 1. The zero-order chi connectivity index (χ0) is 10.5. The summed E-state index contributed by atoms with van der Waals surface area (Å²) in [6, 6.07) is 4.60. The quantitative estimate of drug-likeness (QED) is 0.901. The van der Waals surface area contributed by atoms with Crippen LogP contribution in [0.2, 0.25) is 0 Å². The van der Waals surface area contributed by atoms with Gasteiger partial charge in [-0.05, 0) is 47.4 Å². The average Bonchev–Trinajstić information content (AvgIpc) is 2.30. The fraction of sp³-hybridized carbons (Fsp3) is 0.545. The van der Waals surface area contributed by atoms with Crippen molar-refractivity contribution in [1.29, 1.82) is 0 Å². The van der Waals surface area contributed by atoms with Crippen LogP contribution < -0.4 is 10.6 Å². The van der Waals surface area contributed by atoms with Gasteiger partial charge in [-0.1, -0.05) is 6.42 Å². The highest BCUT2D eigenvalue weighted by atomic mass is 79.9. The van der Waals surface area contributed by atoms with E-state index in [1.165, 1.54) is 19.3 Å². The molecule has 0 aromatic carbocycles. The summed E-state index contributed by atoms with van der Waals surface area (Å²) >= 11 is 3.37. The Kier molecular flexibility index (Phi) is 6.09. The first-order valence-electron chi connectivity index (χ1n) is 5.43. The minimum absolute atomic E-state index is 0. The number of hydrogen-bond donors (Lipinski definition) is 2. The van der Waals surface area contributed by atoms with Crippen LogP contribution in [-0.4, -0.2) is 24.1 Å². The molecule has 0 saturated carbocycles. The topological polar surface area (TPSA) is 37.0 Å². The SMILES string of the molecule is Brc1ccc(NCC2CCCCN2)nc1.Cl. The number of pyridine rings is 1. The van der Waals surface area contributed by atoms with Crippen molar-refractivity contribution in [3.8, 4) is 0 Å². The van der Waals surface area contributed by atoms with Gasteiger partial charge in [0.15, 0.2) is 0 Å². The van der Waals surface area contributed by atoms with E-state index >= 15 is 0 Å². The van der Waals surface area contributed by atoms with Gasteiger partial charge in [0.1, 0.15) is 5.82 Å². The van der Waals surface area contributed by atoms with Gasteiger partial charge in [-0.2, -0.15) is 0 Å². The Labute approximate surface area is 111 Å². The van der Waals surface area contributed by atoms with Crippen molar-refractivity contribution in [3.05, 3.63) is 22.8 Å². The summed E-state index contributed by atoms with van der Waals surface area (Å²) in [5.74, 6) is 0.950. The predicted octanol–water partition coefficient (Wildman–Crippen LogP) is 2.82. The van der Waals surface area contributed by atoms with Gasteiger partial charge in [0.25, 0.3) is 0 Å². The Bertz CT molecular complexity index is 299. The highest BCUT2D eigenvalue weighted by Gasteiger charge is 2.11. The Morgan fingerprint density at radius 1 is 1.44 bits per heavy atom. The van der Waals surface area contributed by atoms with Crippen LogP contribution in [0, 0.1) is 0 Å². The van der Waals surface area contributed by atoms with E-state index in [9.17, 15) is 0 Å². The molecule has 1 unspecified atom stereocenters. The van der Waals surface area contributed by atoms with Crippen LogP contribution in [0.15, 0.2) is 22.8 Å². The number of nitrogens with zero attached hydrogens (tertiary/aromatic N) is 1. The van der Waals surface area contributed by atoms with Crippen LogP contribution in [0.25, 0.3) is 0 Å². The normalized spacial score (nSPS) is 19.9.